The quantitative estimate of drug-likeness (QED) is 0.725. The third-order valence-electron chi connectivity index (χ3n) is 2.72. The van der Waals surface area contributed by atoms with Crippen LogP contribution in [0.2, 0.25) is 0 Å². The minimum Gasteiger partial charge on any atom is -0.351 e. The molecule has 0 fully saturated rings. The number of carbonyl (C=O) groups is 1. The lowest BCUT2D eigenvalue weighted by Gasteiger charge is -2.06. The Bertz CT molecular complexity index is 630. The number of aromatic nitrogens is 4. The predicted octanol–water partition coefficient (Wildman–Crippen LogP) is 0.0823. The smallest absolute Gasteiger partial charge is 0.261 e. The fourth-order valence-electron chi connectivity index (χ4n) is 1.87. The lowest BCUT2D eigenvalue weighted by molar-refractivity contribution is 0.0952. The van der Waals surface area contributed by atoms with Gasteiger partial charge in [-0.25, -0.2) is 0 Å². The van der Waals surface area contributed by atoms with Crippen molar-refractivity contribution < 1.29 is 4.79 Å². The molecular weight excluding hydrogens is 246 g/mol. The summed E-state index contributed by atoms with van der Waals surface area (Å²) in [4.78, 5) is 26.3. The Hall–Kier alpha value is -2.44. The zero-order valence-electron chi connectivity index (χ0n) is 10.8. The van der Waals surface area contributed by atoms with Gasteiger partial charge in [0.25, 0.3) is 11.5 Å². The van der Waals surface area contributed by atoms with Gasteiger partial charge in [0.05, 0.1) is 11.9 Å². The number of nitrogens with one attached hydrogen (secondary N) is 3. The Balaban J connectivity index is 2.02. The Morgan fingerprint density at radius 1 is 1.42 bits per heavy atom. The van der Waals surface area contributed by atoms with Gasteiger partial charge in [0.2, 0.25) is 0 Å². The van der Waals surface area contributed by atoms with Crippen LogP contribution in [-0.4, -0.2) is 32.8 Å². The summed E-state index contributed by atoms with van der Waals surface area (Å²) in [5.41, 5.74) is 1.96. The molecule has 0 atom stereocenters. The number of aryl methyl sites for hydroxylation is 2. The molecule has 7 nitrogen and oxygen atoms in total. The van der Waals surface area contributed by atoms with Crippen molar-refractivity contribution >= 4 is 5.91 Å². The van der Waals surface area contributed by atoms with Crippen LogP contribution >= 0.6 is 0 Å². The Labute approximate surface area is 109 Å². The van der Waals surface area contributed by atoms with E-state index in [1.165, 1.54) is 0 Å². The molecule has 0 unspecified atom stereocenters. The zero-order valence-corrected chi connectivity index (χ0v) is 10.8. The number of H-pyrrole nitrogens is 2. The van der Waals surface area contributed by atoms with E-state index in [9.17, 15) is 9.59 Å². The summed E-state index contributed by atoms with van der Waals surface area (Å²) in [5.74, 6) is -0.373. The van der Waals surface area contributed by atoms with Gasteiger partial charge in [-0.2, -0.15) is 15.4 Å². The Kier molecular flexibility index (Phi) is 3.74. The SMILES string of the molecule is Cc1cc(C)c(C(=O)NCCc2cn[nH]n2)c(=O)[nH]1. The second-order valence-corrected chi connectivity index (χ2v) is 4.31. The Morgan fingerprint density at radius 3 is 2.84 bits per heavy atom. The molecule has 0 aliphatic heterocycles. The number of hydrogen-bond acceptors (Lipinski definition) is 4. The van der Waals surface area contributed by atoms with Gasteiger partial charge in [-0.1, -0.05) is 0 Å². The van der Waals surface area contributed by atoms with Crippen molar-refractivity contribution in [2.24, 2.45) is 0 Å². The second-order valence-electron chi connectivity index (χ2n) is 4.31. The summed E-state index contributed by atoms with van der Waals surface area (Å²) in [7, 11) is 0. The van der Waals surface area contributed by atoms with Crippen LogP contribution in [0.5, 0.6) is 0 Å². The van der Waals surface area contributed by atoms with E-state index < -0.39 is 0 Å². The summed E-state index contributed by atoms with van der Waals surface area (Å²) < 4.78 is 0. The Morgan fingerprint density at radius 2 is 2.21 bits per heavy atom. The molecule has 2 aromatic rings. The van der Waals surface area contributed by atoms with Crippen LogP contribution in [0.15, 0.2) is 17.1 Å². The zero-order chi connectivity index (χ0) is 13.8. The second kappa shape index (κ2) is 5.47. The number of hydrogen-bond donors (Lipinski definition) is 3. The number of nitrogens with zero attached hydrogens (tertiary/aromatic N) is 2. The topological polar surface area (TPSA) is 104 Å². The van der Waals surface area contributed by atoms with E-state index in [1.54, 1.807) is 26.1 Å². The molecule has 100 valence electrons. The molecule has 2 heterocycles. The minimum absolute atomic E-state index is 0.158. The minimum atomic E-state index is -0.373. The van der Waals surface area contributed by atoms with Crippen LogP contribution < -0.4 is 10.9 Å². The molecule has 3 N–H and O–H groups in total. The van der Waals surface area contributed by atoms with Crippen molar-refractivity contribution in [3.63, 3.8) is 0 Å². The molecule has 19 heavy (non-hydrogen) atoms. The molecule has 0 saturated heterocycles. The molecule has 0 aliphatic carbocycles. The molecule has 2 aromatic heterocycles. The third kappa shape index (κ3) is 3.06. The molecule has 0 saturated carbocycles. The average Bonchev–Trinajstić information content (AvgIpc) is 2.80. The third-order valence-corrected chi connectivity index (χ3v) is 2.72. The normalized spacial score (nSPS) is 10.4. The van der Waals surface area contributed by atoms with Crippen molar-refractivity contribution in [3.8, 4) is 0 Å². The highest BCUT2D eigenvalue weighted by Gasteiger charge is 2.13. The summed E-state index contributed by atoms with van der Waals surface area (Å²) in [5, 5.41) is 12.7. The van der Waals surface area contributed by atoms with Gasteiger partial charge >= 0.3 is 0 Å². The summed E-state index contributed by atoms with van der Waals surface area (Å²) in [6.07, 6.45) is 2.15. The molecule has 7 heteroatoms. The predicted molar refractivity (Wildman–Crippen MR) is 69.0 cm³/mol. The van der Waals surface area contributed by atoms with Crippen LogP contribution in [-0.2, 0) is 6.42 Å². The number of amides is 1. The fourth-order valence-corrected chi connectivity index (χ4v) is 1.87. The standard InChI is InChI=1S/C12H15N5O2/c1-7-5-8(2)15-12(19)10(7)11(18)13-4-3-9-6-14-17-16-9/h5-6H,3-4H2,1-2H3,(H,13,18)(H,15,19)(H,14,16,17). The monoisotopic (exact) mass is 261 g/mol. The molecule has 0 bridgehead atoms. The highest BCUT2D eigenvalue weighted by atomic mass is 16.2. The molecule has 0 spiro atoms. The van der Waals surface area contributed by atoms with Crippen LogP contribution in [0.1, 0.15) is 27.3 Å². The number of pyridine rings is 1. The molecule has 0 aliphatic rings. The molecule has 2 rings (SSSR count). The van der Waals surface area contributed by atoms with E-state index in [2.05, 4.69) is 25.7 Å². The molecule has 1 amide bonds. The first-order chi connectivity index (χ1) is 9.08. The van der Waals surface area contributed by atoms with E-state index >= 15 is 0 Å². The van der Waals surface area contributed by atoms with Crippen LogP contribution in [0.3, 0.4) is 0 Å². The first-order valence-electron chi connectivity index (χ1n) is 5.91. The van der Waals surface area contributed by atoms with Crippen molar-refractivity contribution in [1.29, 1.82) is 0 Å². The summed E-state index contributed by atoms with van der Waals surface area (Å²) in [6.45, 7) is 3.92. The van der Waals surface area contributed by atoms with Gasteiger partial charge in [-0.15, -0.1) is 0 Å². The maximum absolute atomic E-state index is 12.0. The van der Waals surface area contributed by atoms with Crippen molar-refractivity contribution in [3.05, 3.63) is 45.1 Å². The van der Waals surface area contributed by atoms with Gasteiger partial charge in [0.15, 0.2) is 0 Å². The van der Waals surface area contributed by atoms with Crippen LogP contribution in [0, 0.1) is 13.8 Å². The molecular formula is C12H15N5O2. The van der Waals surface area contributed by atoms with Crippen LogP contribution in [0.4, 0.5) is 0 Å². The first kappa shape index (κ1) is 13.0. The lowest BCUT2D eigenvalue weighted by Crippen LogP contribution is -2.32. The number of aromatic amines is 2. The average molecular weight is 261 g/mol. The molecule has 0 aromatic carbocycles. The highest BCUT2D eigenvalue weighted by Crippen LogP contribution is 2.03. The maximum Gasteiger partial charge on any atom is 0.261 e. The van der Waals surface area contributed by atoms with Gasteiger partial charge in [0.1, 0.15) is 5.56 Å². The summed E-state index contributed by atoms with van der Waals surface area (Å²) in [6, 6.07) is 1.77. The summed E-state index contributed by atoms with van der Waals surface area (Å²) >= 11 is 0. The number of rotatable bonds is 4. The van der Waals surface area contributed by atoms with Gasteiger partial charge in [0, 0.05) is 18.7 Å². The first-order valence-corrected chi connectivity index (χ1v) is 5.91. The van der Waals surface area contributed by atoms with Gasteiger partial charge in [-0.3, -0.25) is 9.59 Å². The van der Waals surface area contributed by atoms with E-state index in [1.807, 2.05) is 0 Å². The van der Waals surface area contributed by atoms with E-state index in [4.69, 9.17) is 0 Å². The van der Waals surface area contributed by atoms with Crippen molar-refractivity contribution in [2.45, 2.75) is 20.3 Å². The van der Waals surface area contributed by atoms with E-state index in [-0.39, 0.29) is 17.0 Å². The largest absolute Gasteiger partial charge is 0.351 e. The van der Waals surface area contributed by atoms with E-state index in [0.717, 1.165) is 11.4 Å². The number of carbonyl (C=O) groups excluding carboxylic acids is 1. The lowest BCUT2D eigenvalue weighted by atomic mass is 10.1. The van der Waals surface area contributed by atoms with Gasteiger partial charge in [-0.05, 0) is 25.5 Å². The maximum atomic E-state index is 12.0. The van der Waals surface area contributed by atoms with Crippen LogP contribution in [0.25, 0.3) is 0 Å². The fraction of sp³-hybridized carbons (Fsp3) is 0.333. The van der Waals surface area contributed by atoms with E-state index in [0.29, 0.717) is 18.5 Å². The van der Waals surface area contributed by atoms with Crippen molar-refractivity contribution in [1.82, 2.24) is 25.7 Å². The van der Waals surface area contributed by atoms with Crippen molar-refractivity contribution in [2.75, 3.05) is 6.54 Å². The molecule has 0 radical (unpaired) electrons. The van der Waals surface area contributed by atoms with Gasteiger partial charge < -0.3 is 10.3 Å². The highest BCUT2D eigenvalue weighted by molar-refractivity contribution is 5.95.